The van der Waals surface area contributed by atoms with E-state index in [1.54, 1.807) is 21.9 Å². The molecule has 4 rings (SSSR count). The predicted molar refractivity (Wildman–Crippen MR) is 104 cm³/mol. The molecule has 27 heavy (non-hydrogen) atoms. The smallest absolute Gasteiger partial charge is 0.254 e. The summed E-state index contributed by atoms with van der Waals surface area (Å²) in [4.78, 5) is 28.4. The molecule has 0 spiro atoms. The van der Waals surface area contributed by atoms with Crippen molar-refractivity contribution >= 4 is 29.1 Å². The molecule has 6 heteroatoms. The lowest BCUT2D eigenvalue weighted by Crippen LogP contribution is -2.42. The molecule has 5 nitrogen and oxygen atoms in total. The van der Waals surface area contributed by atoms with Gasteiger partial charge in [-0.3, -0.25) is 9.59 Å². The zero-order valence-electron chi connectivity index (χ0n) is 14.9. The molecule has 140 valence electrons. The van der Waals surface area contributed by atoms with Crippen LogP contribution in [0.2, 0.25) is 5.02 Å². The molecule has 2 saturated heterocycles. The SMILES string of the molecule is O=C(c1ccc(N2CCCC2=O)cc1)N1CCOC(c2ccccc2Cl)C1. The van der Waals surface area contributed by atoms with Gasteiger partial charge >= 0.3 is 0 Å². The van der Waals surface area contributed by atoms with Gasteiger partial charge in [-0.2, -0.15) is 0 Å². The predicted octanol–water partition coefficient (Wildman–Crippen LogP) is 3.68. The van der Waals surface area contributed by atoms with Gasteiger partial charge in [0.15, 0.2) is 0 Å². The zero-order chi connectivity index (χ0) is 18.8. The fourth-order valence-corrected chi connectivity index (χ4v) is 3.90. The molecule has 2 aromatic carbocycles. The Hall–Kier alpha value is -2.37. The Labute approximate surface area is 163 Å². The average Bonchev–Trinajstić information content (AvgIpc) is 3.14. The van der Waals surface area contributed by atoms with Crippen LogP contribution in [0.1, 0.15) is 34.9 Å². The van der Waals surface area contributed by atoms with Gasteiger partial charge in [0.25, 0.3) is 5.91 Å². The topological polar surface area (TPSA) is 49.9 Å². The van der Waals surface area contributed by atoms with Crippen LogP contribution >= 0.6 is 11.6 Å². The molecule has 2 aromatic rings. The second kappa shape index (κ2) is 7.71. The van der Waals surface area contributed by atoms with Gasteiger partial charge in [0.2, 0.25) is 5.91 Å². The van der Waals surface area contributed by atoms with Crippen LogP contribution < -0.4 is 4.90 Å². The first-order valence-electron chi connectivity index (χ1n) is 9.19. The van der Waals surface area contributed by atoms with E-state index < -0.39 is 0 Å². The van der Waals surface area contributed by atoms with Crippen molar-refractivity contribution in [2.75, 3.05) is 31.1 Å². The summed E-state index contributed by atoms with van der Waals surface area (Å²) < 4.78 is 5.84. The summed E-state index contributed by atoms with van der Waals surface area (Å²) >= 11 is 6.28. The van der Waals surface area contributed by atoms with Crippen molar-refractivity contribution in [1.82, 2.24) is 4.90 Å². The van der Waals surface area contributed by atoms with Gasteiger partial charge < -0.3 is 14.5 Å². The minimum atomic E-state index is -0.224. The Kier molecular flexibility index (Phi) is 5.14. The first kappa shape index (κ1) is 18.0. The summed E-state index contributed by atoms with van der Waals surface area (Å²) in [7, 11) is 0. The number of anilines is 1. The van der Waals surface area contributed by atoms with Gasteiger partial charge in [-0.15, -0.1) is 0 Å². The molecule has 0 bridgehead atoms. The number of carbonyl (C=O) groups excluding carboxylic acids is 2. The fraction of sp³-hybridized carbons (Fsp3) is 0.333. The number of benzene rings is 2. The summed E-state index contributed by atoms with van der Waals surface area (Å²) in [6, 6.07) is 14.9. The van der Waals surface area contributed by atoms with Crippen molar-refractivity contribution < 1.29 is 14.3 Å². The van der Waals surface area contributed by atoms with E-state index in [9.17, 15) is 9.59 Å². The van der Waals surface area contributed by atoms with Crippen LogP contribution in [0.4, 0.5) is 5.69 Å². The lowest BCUT2D eigenvalue weighted by atomic mass is 10.1. The molecule has 0 radical (unpaired) electrons. The maximum absolute atomic E-state index is 12.9. The quantitative estimate of drug-likeness (QED) is 0.811. The number of amides is 2. The van der Waals surface area contributed by atoms with Crippen LogP contribution in [-0.2, 0) is 9.53 Å². The van der Waals surface area contributed by atoms with Crippen LogP contribution in [0.25, 0.3) is 0 Å². The number of hydrogen-bond acceptors (Lipinski definition) is 3. The highest BCUT2D eigenvalue weighted by molar-refractivity contribution is 6.31. The van der Waals surface area contributed by atoms with E-state index >= 15 is 0 Å². The van der Waals surface area contributed by atoms with Crippen molar-refractivity contribution in [3.8, 4) is 0 Å². The Bertz CT molecular complexity index is 853. The molecule has 0 aliphatic carbocycles. The van der Waals surface area contributed by atoms with Crippen molar-refractivity contribution in [3.05, 3.63) is 64.7 Å². The number of halogens is 1. The van der Waals surface area contributed by atoms with Crippen molar-refractivity contribution in [3.63, 3.8) is 0 Å². The molecular formula is C21H21ClN2O3. The molecule has 1 atom stereocenters. The third-order valence-electron chi connectivity index (χ3n) is 5.11. The van der Waals surface area contributed by atoms with Gasteiger partial charge in [-0.1, -0.05) is 29.8 Å². The Morgan fingerprint density at radius 3 is 2.56 bits per heavy atom. The summed E-state index contributed by atoms with van der Waals surface area (Å²) in [6.07, 6.45) is 1.26. The van der Waals surface area contributed by atoms with Gasteiger partial charge in [0, 0.05) is 41.3 Å². The maximum Gasteiger partial charge on any atom is 0.254 e. The Morgan fingerprint density at radius 1 is 1.07 bits per heavy atom. The van der Waals surface area contributed by atoms with E-state index in [0.717, 1.165) is 24.2 Å². The third-order valence-corrected chi connectivity index (χ3v) is 5.45. The highest BCUT2D eigenvalue weighted by Crippen LogP contribution is 2.29. The van der Waals surface area contributed by atoms with Crippen LogP contribution in [0, 0.1) is 0 Å². The second-order valence-corrected chi connectivity index (χ2v) is 7.24. The molecule has 2 aliphatic heterocycles. The highest BCUT2D eigenvalue weighted by Gasteiger charge is 2.28. The minimum absolute atomic E-state index is 0.0327. The highest BCUT2D eigenvalue weighted by atomic mass is 35.5. The molecule has 2 aliphatic rings. The number of rotatable bonds is 3. The van der Waals surface area contributed by atoms with E-state index in [-0.39, 0.29) is 17.9 Å². The summed E-state index contributed by atoms with van der Waals surface area (Å²) in [5.74, 6) is 0.111. The lowest BCUT2D eigenvalue weighted by molar-refractivity contribution is -0.117. The van der Waals surface area contributed by atoms with E-state index in [4.69, 9.17) is 16.3 Å². The molecule has 1 unspecified atom stereocenters. The molecule has 0 N–H and O–H groups in total. The van der Waals surface area contributed by atoms with E-state index in [1.807, 2.05) is 36.4 Å². The number of hydrogen-bond donors (Lipinski definition) is 0. The number of nitrogens with zero attached hydrogens (tertiary/aromatic N) is 2. The molecule has 0 saturated carbocycles. The lowest BCUT2D eigenvalue weighted by Gasteiger charge is -2.33. The molecule has 2 amide bonds. The maximum atomic E-state index is 12.9. The molecule has 0 aromatic heterocycles. The summed E-state index contributed by atoms with van der Waals surface area (Å²) in [5, 5.41) is 0.649. The second-order valence-electron chi connectivity index (χ2n) is 6.83. The van der Waals surface area contributed by atoms with Gasteiger partial charge in [0.05, 0.1) is 13.2 Å². The van der Waals surface area contributed by atoms with E-state index in [0.29, 0.717) is 36.7 Å². The van der Waals surface area contributed by atoms with Gasteiger partial charge in [-0.05, 0) is 36.8 Å². The number of ether oxygens (including phenoxy) is 1. The van der Waals surface area contributed by atoms with Gasteiger partial charge in [0.1, 0.15) is 6.10 Å². The zero-order valence-corrected chi connectivity index (χ0v) is 15.7. The summed E-state index contributed by atoms with van der Waals surface area (Å²) in [5.41, 5.74) is 2.37. The average molecular weight is 385 g/mol. The van der Waals surface area contributed by atoms with Crippen LogP contribution in [0.5, 0.6) is 0 Å². The standard InChI is InChI=1S/C21H21ClN2O3/c22-18-5-2-1-4-17(18)19-14-23(12-13-27-19)21(26)15-7-9-16(10-8-15)24-11-3-6-20(24)25/h1-2,4-5,7-10,19H,3,6,11-14H2. The van der Waals surface area contributed by atoms with Crippen LogP contribution in [0.3, 0.4) is 0 Å². The first-order valence-corrected chi connectivity index (χ1v) is 9.57. The van der Waals surface area contributed by atoms with Crippen molar-refractivity contribution in [1.29, 1.82) is 0 Å². The first-order chi connectivity index (χ1) is 13.1. The minimum Gasteiger partial charge on any atom is -0.370 e. The third kappa shape index (κ3) is 3.70. The summed E-state index contributed by atoms with van der Waals surface area (Å²) in [6.45, 7) is 2.23. The van der Waals surface area contributed by atoms with Crippen molar-refractivity contribution in [2.45, 2.75) is 18.9 Å². The van der Waals surface area contributed by atoms with Crippen molar-refractivity contribution in [2.24, 2.45) is 0 Å². The molecule has 2 fully saturated rings. The largest absolute Gasteiger partial charge is 0.370 e. The fourth-order valence-electron chi connectivity index (χ4n) is 3.65. The Morgan fingerprint density at radius 2 is 1.85 bits per heavy atom. The van der Waals surface area contributed by atoms with E-state index in [2.05, 4.69) is 0 Å². The number of morpholine rings is 1. The molecule has 2 heterocycles. The Balaban J connectivity index is 1.47. The van der Waals surface area contributed by atoms with E-state index in [1.165, 1.54) is 0 Å². The van der Waals surface area contributed by atoms with Crippen LogP contribution in [0.15, 0.2) is 48.5 Å². The normalized spacial score (nSPS) is 20.2. The van der Waals surface area contributed by atoms with Gasteiger partial charge in [-0.25, -0.2) is 0 Å². The van der Waals surface area contributed by atoms with Crippen LogP contribution in [-0.4, -0.2) is 43.0 Å². The molecular weight excluding hydrogens is 364 g/mol. The monoisotopic (exact) mass is 384 g/mol. The number of carbonyl (C=O) groups is 2.